The quantitative estimate of drug-likeness (QED) is 0.186. The molecule has 6 nitrogen and oxygen atoms in total. The van der Waals surface area contributed by atoms with Gasteiger partial charge in [-0.2, -0.15) is 15.3 Å². The van der Waals surface area contributed by atoms with E-state index in [4.69, 9.17) is 25.3 Å². The third kappa shape index (κ3) is 7.59. The average Bonchev–Trinajstić information content (AvgIpc) is 2.59. The Morgan fingerprint density at radius 2 is 1.42 bits per heavy atom. The van der Waals surface area contributed by atoms with Crippen molar-refractivity contribution in [3.05, 3.63) is 29.8 Å². The van der Waals surface area contributed by atoms with Crippen molar-refractivity contribution < 1.29 is 17.1 Å². The van der Waals surface area contributed by atoms with E-state index < -0.39 is 0 Å². The molecule has 0 spiro atoms. The summed E-state index contributed by atoms with van der Waals surface area (Å²) in [4.78, 5) is 1.16. The van der Waals surface area contributed by atoms with Gasteiger partial charge in [-0.15, -0.1) is 16.9 Å². The predicted octanol–water partition coefficient (Wildman–Crippen LogP) is 1.73. The molecule has 0 aliphatic rings. The van der Waals surface area contributed by atoms with E-state index in [1.165, 1.54) is 0 Å². The molecule has 133 valence electrons. The maximum Gasteiger partial charge on any atom is 2.00 e. The summed E-state index contributed by atoms with van der Waals surface area (Å²) in [7, 11) is 3.38. The van der Waals surface area contributed by atoms with Crippen LogP contribution in [0.2, 0.25) is 0 Å². The molecule has 0 fully saturated rings. The van der Waals surface area contributed by atoms with Gasteiger partial charge in [-0.05, 0) is 35.6 Å². The van der Waals surface area contributed by atoms with Gasteiger partial charge < -0.3 is 35.9 Å². The van der Waals surface area contributed by atoms with E-state index in [0.717, 1.165) is 10.5 Å². The van der Waals surface area contributed by atoms with Crippen LogP contribution in [0.4, 0.5) is 0 Å². The zero-order chi connectivity index (χ0) is 17.2. The van der Waals surface area contributed by atoms with Gasteiger partial charge in [0.15, 0.2) is 0 Å². The number of rotatable bonds is 5. The van der Waals surface area contributed by atoms with E-state index in [9.17, 15) is 0 Å². The third-order valence-electron chi connectivity index (χ3n) is 2.67. The van der Waals surface area contributed by atoms with Crippen LogP contribution >= 0.6 is 11.8 Å². The molecule has 1 aromatic carbocycles. The summed E-state index contributed by atoms with van der Waals surface area (Å²) in [6.45, 7) is 1.79. The van der Waals surface area contributed by atoms with Gasteiger partial charge in [0, 0.05) is 24.6 Å². The van der Waals surface area contributed by atoms with E-state index in [0.29, 0.717) is 21.8 Å². The standard InChI is InChI=1S/C14H20N6S3.Cu/c1-9(17-19-13(21)15-2)12(18-20-14(22)16-3)10-5-7-11(23-4)8-6-10;/h5-8H,1-4H3,(H2,15,19,21)(H2,16,20,22);/q;+2/p-2/b17-9+,18-12-;. The SMILES string of the molecule is CN/C([S-])=N/N=C(C)/C(=N/N=C(\[S-])NC)c1ccc(SC)cc1.[Cu+2]. The van der Waals surface area contributed by atoms with E-state index in [2.05, 4.69) is 31.0 Å². The molecule has 1 radical (unpaired) electrons. The first-order chi connectivity index (χ1) is 11.0. The maximum atomic E-state index is 4.99. The fourth-order valence-electron chi connectivity index (χ4n) is 1.45. The second kappa shape index (κ2) is 12.2. The Hall–Kier alpha value is -1.19. The molecule has 0 saturated heterocycles. The molecule has 2 N–H and O–H groups in total. The summed E-state index contributed by atoms with van der Waals surface area (Å²) >= 11 is 11.6. The number of hydrogen-bond acceptors (Lipinski definition) is 7. The topological polar surface area (TPSA) is 73.5 Å². The van der Waals surface area contributed by atoms with Crippen LogP contribution in [0.15, 0.2) is 49.6 Å². The van der Waals surface area contributed by atoms with Gasteiger partial charge in [-0.25, -0.2) is 0 Å². The summed E-state index contributed by atoms with van der Waals surface area (Å²) < 4.78 is 0. The molecule has 0 aliphatic heterocycles. The first kappa shape index (κ1) is 22.8. The van der Waals surface area contributed by atoms with E-state index in [1.807, 2.05) is 30.5 Å². The van der Waals surface area contributed by atoms with Crippen molar-refractivity contribution in [1.82, 2.24) is 10.6 Å². The molecule has 24 heavy (non-hydrogen) atoms. The molecule has 0 amide bonds. The van der Waals surface area contributed by atoms with Crippen molar-refractivity contribution in [3.63, 3.8) is 0 Å². The van der Waals surface area contributed by atoms with Crippen molar-refractivity contribution in [2.45, 2.75) is 11.8 Å². The van der Waals surface area contributed by atoms with Crippen LogP contribution in [0.25, 0.3) is 0 Å². The normalized spacial score (nSPS) is 13.3. The Kier molecular flexibility index (Phi) is 11.6. The summed E-state index contributed by atoms with van der Waals surface area (Å²) in [6, 6.07) is 7.93. The Balaban J connectivity index is 0.00000529. The minimum Gasteiger partial charge on any atom is -0.741 e. The van der Waals surface area contributed by atoms with Crippen molar-refractivity contribution in [2.24, 2.45) is 20.4 Å². The zero-order valence-electron chi connectivity index (χ0n) is 13.6. The first-order valence-electron chi connectivity index (χ1n) is 6.64. The van der Waals surface area contributed by atoms with Crippen LogP contribution in [-0.2, 0) is 42.3 Å². The predicted molar refractivity (Wildman–Crippen MR) is 106 cm³/mol. The van der Waals surface area contributed by atoms with E-state index in [-0.39, 0.29) is 17.1 Å². The Morgan fingerprint density at radius 1 is 0.917 bits per heavy atom. The number of amidine groups is 2. The van der Waals surface area contributed by atoms with Crippen LogP contribution in [-0.4, -0.2) is 42.1 Å². The number of nitrogens with zero attached hydrogens (tertiary/aromatic N) is 4. The van der Waals surface area contributed by atoms with E-state index in [1.54, 1.807) is 32.8 Å². The largest absolute Gasteiger partial charge is 2.00 e. The second-order valence-corrected chi connectivity index (χ2v) is 5.83. The third-order valence-corrected chi connectivity index (χ3v) is 3.98. The second-order valence-electron chi connectivity index (χ2n) is 4.17. The molecule has 0 unspecified atom stereocenters. The van der Waals surface area contributed by atoms with Gasteiger partial charge in [0.25, 0.3) is 0 Å². The average molecular weight is 430 g/mol. The van der Waals surface area contributed by atoms with Crippen LogP contribution in [0.5, 0.6) is 0 Å². The number of nitrogens with one attached hydrogen (secondary N) is 2. The zero-order valence-corrected chi connectivity index (χ0v) is 17.0. The fourth-order valence-corrected chi connectivity index (χ4v) is 1.94. The first-order valence-corrected chi connectivity index (χ1v) is 8.68. The minimum atomic E-state index is 0. The summed E-state index contributed by atoms with van der Waals surface area (Å²) in [5, 5.41) is 22.2. The molecule has 1 rings (SSSR count). The molecule has 1 aromatic rings. The number of benzene rings is 1. The Bertz CT molecular complexity index is 640. The Morgan fingerprint density at radius 3 is 1.88 bits per heavy atom. The number of hydrogen-bond donors (Lipinski definition) is 2. The smallest absolute Gasteiger partial charge is 0.741 e. The Labute approximate surface area is 168 Å². The summed E-state index contributed by atoms with van der Waals surface area (Å²) in [5.41, 5.74) is 2.04. The fraction of sp³-hybridized carbons (Fsp3) is 0.286. The minimum absolute atomic E-state index is 0. The van der Waals surface area contributed by atoms with Gasteiger partial charge in [0.05, 0.1) is 5.71 Å². The molecule has 0 saturated carbocycles. The summed E-state index contributed by atoms with van der Waals surface area (Å²) in [6.07, 6.45) is 2.02. The molecular formula is C14H18CuN6S3. The van der Waals surface area contributed by atoms with Crippen molar-refractivity contribution >= 4 is 58.8 Å². The van der Waals surface area contributed by atoms with Gasteiger partial charge in [-0.1, -0.05) is 12.1 Å². The maximum absolute atomic E-state index is 4.99. The van der Waals surface area contributed by atoms with Crippen molar-refractivity contribution in [2.75, 3.05) is 20.4 Å². The van der Waals surface area contributed by atoms with Crippen LogP contribution < -0.4 is 10.6 Å². The molecule has 0 aliphatic carbocycles. The molecule has 0 bridgehead atoms. The van der Waals surface area contributed by atoms with Crippen LogP contribution in [0.3, 0.4) is 0 Å². The molecular weight excluding hydrogens is 412 g/mol. The van der Waals surface area contributed by atoms with Gasteiger partial charge in [0.2, 0.25) is 0 Å². The molecule has 10 heteroatoms. The van der Waals surface area contributed by atoms with Crippen LogP contribution in [0.1, 0.15) is 12.5 Å². The van der Waals surface area contributed by atoms with Gasteiger partial charge in [-0.3, -0.25) is 0 Å². The van der Waals surface area contributed by atoms with E-state index >= 15 is 0 Å². The summed E-state index contributed by atoms with van der Waals surface area (Å²) in [5.74, 6) is 0. The van der Waals surface area contributed by atoms with Gasteiger partial charge in [0.1, 0.15) is 5.71 Å². The molecule has 0 aromatic heterocycles. The van der Waals surface area contributed by atoms with Gasteiger partial charge >= 0.3 is 17.1 Å². The molecule has 0 heterocycles. The monoisotopic (exact) mass is 429 g/mol. The van der Waals surface area contributed by atoms with Crippen molar-refractivity contribution in [1.29, 1.82) is 0 Å². The van der Waals surface area contributed by atoms with Crippen LogP contribution in [0, 0.1) is 0 Å². The van der Waals surface area contributed by atoms with Crippen molar-refractivity contribution in [3.8, 4) is 0 Å². The number of thioether (sulfide) groups is 1. The molecule has 0 atom stereocenters.